The van der Waals surface area contributed by atoms with Gasteiger partial charge in [0.2, 0.25) is 0 Å². The first-order valence-electron chi connectivity index (χ1n) is 3.13. The van der Waals surface area contributed by atoms with Crippen LogP contribution in [0.5, 0.6) is 5.88 Å². The molecule has 0 unspecified atom stereocenters. The van der Waals surface area contributed by atoms with Crippen molar-refractivity contribution in [2.45, 2.75) is 0 Å². The number of hydrogen-bond donors (Lipinski definition) is 2. The number of H-pyrrole nitrogens is 1. The largest absolute Gasteiger partial charge is 1.00 e. The number of hydrogen-bond acceptors (Lipinski definition) is 1. The fraction of sp³-hybridized carbons (Fsp3) is 0. The van der Waals surface area contributed by atoms with E-state index >= 15 is 0 Å². The SMILES string of the molecule is Oc1cc2ccccc2[nH]1.[H-].[Na+]. The van der Waals surface area contributed by atoms with Crippen molar-refractivity contribution in [1.82, 2.24) is 4.98 Å². The smallest absolute Gasteiger partial charge is 1.00 e. The molecule has 0 aliphatic rings. The van der Waals surface area contributed by atoms with Crippen molar-refractivity contribution in [3.8, 4) is 5.88 Å². The standard InChI is InChI=1S/C8H7NO.Na.H/c10-8-5-6-3-1-2-4-7(6)9-8;;/h1-5,9-10H;;/q;+1;-1. The Labute approximate surface area is 88.0 Å². The summed E-state index contributed by atoms with van der Waals surface area (Å²) in [6.45, 7) is 0. The Morgan fingerprint density at radius 2 is 2.00 bits per heavy atom. The molecule has 2 N–H and O–H groups in total. The van der Waals surface area contributed by atoms with Crippen LogP contribution in [0.4, 0.5) is 0 Å². The minimum atomic E-state index is 0. The van der Waals surface area contributed by atoms with Gasteiger partial charge >= 0.3 is 29.6 Å². The molecule has 2 rings (SSSR count). The van der Waals surface area contributed by atoms with Crippen LogP contribution in [-0.2, 0) is 0 Å². The van der Waals surface area contributed by atoms with Gasteiger partial charge in [-0.15, -0.1) is 0 Å². The van der Waals surface area contributed by atoms with Crippen LogP contribution < -0.4 is 29.6 Å². The maximum atomic E-state index is 9.00. The van der Waals surface area contributed by atoms with E-state index in [-0.39, 0.29) is 36.9 Å². The second-order valence-corrected chi connectivity index (χ2v) is 2.24. The molecule has 1 aromatic heterocycles. The monoisotopic (exact) mass is 157 g/mol. The Kier molecular flexibility index (Phi) is 2.60. The molecule has 0 spiro atoms. The van der Waals surface area contributed by atoms with E-state index in [1.807, 2.05) is 24.3 Å². The second-order valence-electron chi connectivity index (χ2n) is 2.24. The summed E-state index contributed by atoms with van der Waals surface area (Å²) in [7, 11) is 0. The van der Waals surface area contributed by atoms with E-state index in [9.17, 15) is 0 Å². The molecule has 0 amide bonds. The van der Waals surface area contributed by atoms with Crippen molar-refractivity contribution in [2.24, 2.45) is 0 Å². The number of aromatic hydroxyl groups is 1. The molecule has 0 fully saturated rings. The minimum absolute atomic E-state index is 0. The zero-order valence-electron chi connectivity index (χ0n) is 7.33. The molecule has 2 nitrogen and oxygen atoms in total. The molecule has 0 aliphatic carbocycles. The third-order valence-electron chi connectivity index (χ3n) is 1.52. The molecule has 11 heavy (non-hydrogen) atoms. The number of rotatable bonds is 0. The quantitative estimate of drug-likeness (QED) is 0.472. The van der Waals surface area contributed by atoms with Crippen LogP contribution in [0.2, 0.25) is 0 Å². The summed E-state index contributed by atoms with van der Waals surface area (Å²) in [6.07, 6.45) is 0. The summed E-state index contributed by atoms with van der Waals surface area (Å²) in [6, 6.07) is 9.45. The maximum absolute atomic E-state index is 9.00. The zero-order valence-corrected chi connectivity index (χ0v) is 8.33. The molecule has 52 valence electrons. The minimum Gasteiger partial charge on any atom is -1.00 e. The van der Waals surface area contributed by atoms with Crippen LogP contribution in [-0.4, -0.2) is 10.1 Å². The summed E-state index contributed by atoms with van der Waals surface area (Å²) < 4.78 is 0. The molecule has 0 aliphatic heterocycles. The Balaban J connectivity index is 0.000000605. The van der Waals surface area contributed by atoms with E-state index in [1.54, 1.807) is 6.07 Å². The Bertz CT molecular complexity index is 328. The van der Waals surface area contributed by atoms with Gasteiger partial charge in [-0.25, -0.2) is 0 Å². The molecular weight excluding hydrogens is 149 g/mol. The fourth-order valence-corrected chi connectivity index (χ4v) is 1.06. The molecule has 0 radical (unpaired) electrons. The maximum Gasteiger partial charge on any atom is 1.00 e. The van der Waals surface area contributed by atoms with Crippen molar-refractivity contribution in [3.63, 3.8) is 0 Å². The third-order valence-corrected chi connectivity index (χ3v) is 1.52. The predicted octanol–water partition coefficient (Wildman–Crippen LogP) is -1.01. The van der Waals surface area contributed by atoms with Crippen molar-refractivity contribution in [2.75, 3.05) is 0 Å². The number of aromatic amines is 1. The van der Waals surface area contributed by atoms with E-state index in [0.29, 0.717) is 0 Å². The number of aromatic nitrogens is 1. The number of nitrogens with one attached hydrogen (secondary N) is 1. The van der Waals surface area contributed by atoms with Crippen molar-refractivity contribution >= 4 is 10.9 Å². The van der Waals surface area contributed by atoms with Gasteiger partial charge in [-0.1, -0.05) is 18.2 Å². The van der Waals surface area contributed by atoms with Crippen LogP contribution in [0.15, 0.2) is 30.3 Å². The average Bonchev–Trinajstić information content (AvgIpc) is 2.27. The first kappa shape index (κ1) is 8.65. The molecule has 0 bridgehead atoms. The van der Waals surface area contributed by atoms with E-state index in [4.69, 9.17) is 5.11 Å². The first-order valence-corrected chi connectivity index (χ1v) is 3.13. The average molecular weight is 157 g/mol. The second kappa shape index (κ2) is 3.30. The van der Waals surface area contributed by atoms with E-state index in [1.165, 1.54) is 0 Å². The predicted molar refractivity (Wildman–Crippen MR) is 41.1 cm³/mol. The molecule has 0 saturated carbocycles. The van der Waals surface area contributed by atoms with Gasteiger partial charge in [0.05, 0.1) is 0 Å². The van der Waals surface area contributed by atoms with Crippen molar-refractivity contribution in [1.29, 1.82) is 0 Å². The van der Waals surface area contributed by atoms with Gasteiger partial charge in [-0.3, -0.25) is 0 Å². The van der Waals surface area contributed by atoms with Gasteiger partial charge in [-0.05, 0) is 6.07 Å². The molecule has 0 atom stereocenters. The fourth-order valence-electron chi connectivity index (χ4n) is 1.06. The van der Waals surface area contributed by atoms with E-state index in [2.05, 4.69) is 4.98 Å². The molecule has 1 aromatic carbocycles. The van der Waals surface area contributed by atoms with Crippen LogP contribution in [0.1, 0.15) is 1.43 Å². The summed E-state index contributed by atoms with van der Waals surface area (Å²) in [4.78, 5) is 2.81. The Morgan fingerprint density at radius 1 is 1.27 bits per heavy atom. The summed E-state index contributed by atoms with van der Waals surface area (Å²) in [5, 5.41) is 10.0. The van der Waals surface area contributed by atoms with Crippen molar-refractivity contribution in [3.05, 3.63) is 30.3 Å². The molecular formula is C8H8NNaO. The van der Waals surface area contributed by atoms with Gasteiger partial charge in [0.25, 0.3) is 0 Å². The topological polar surface area (TPSA) is 36.0 Å². The van der Waals surface area contributed by atoms with Gasteiger partial charge in [0.15, 0.2) is 5.88 Å². The van der Waals surface area contributed by atoms with Crippen LogP contribution >= 0.6 is 0 Å². The summed E-state index contributed by atoms with van der Waals surface area (Å²) in [5.41, 5.74) is 0.972. The van der Waals surface area contributed by atoms with Gasteiger partial charge < -0.3 is 11.5 Å². The van der Waals surface area contributed by atoms with Crippen LogP contribution in [0, 0.1) is 0 Å². The number of fused-ring (bicyclic) bond motifs is 1. The van der Waals surface area contributed by atoms with E-state index in [0.717, 1.165) is 10.9 Å². The van der Waals surface area contributed by atoms with Gasteiger partial charge in [0.1, 0.15) is 0 Å². The van der Waals surface area contributed by atoms with Gasteiger partial charge in [-0.2, -0.15) is 0 Å². The van der Waals surface area contributed by atoms with Crippen molar-refractivity contribution < 1.29 is 36.1 Å². The summed E-state index contributed by atoms with van der Waals surface area (Å²) in [5.74, 6) is 0.223. The molecule has 1 heterocycles. The Morgan fingerprint density at radius 3 is 2.73 bits per heavy atom. The molecule has 2 aromatic rings. The summed E-state index contributed by atoms with van der Waals surface area (Å²) >= 11 is 0. The number of benzene rings is 1. The molecule has 3 heteroatoms. The Hall–Kier alpha value is -0.440. The third kappa shape index (κ3) is 1.59. The van der Waals surface area contributed by atoms with Gasteiger partial charge in [0, 0.05) is 17.0 Å². The van der Waals surface area contributed by atoms with E-state index < -0.39 is 0 Å². The van der Waals surface area contributed by atoms with Crippen LogP contribution in [0.3, 0.4) is 0 Å². The number of para-hydroxylation sites is 1. The first-order chi connectivity index (χ1) is 4.86. The zero-order chi connectivity index (χ0) is 6.97. The van der Waals surface area contributed by atoms with Crippen LogP contribution in [0.25, 0.3) is 10.9 Å². The normalized spacial score (nSPS) is 9.45. The molecule has 0 saturated heterocycles.